The van der Waals surface area contributed by atoms with Crippen LogP contribution >= 0.6 is 22.9 Å². The average molecular weight is 312 g/mol. The van der Waals surface area contributed by atoms with Crippen molar-refractivity contribution in [2.45, 2.75) is 30.6 Å². The molecule has 1 aliphatic carbocycles. The van der Waals surface area contributed by atoms with Crippen LogP contribution in [-0.4, -0.2) is 47.7 Å². The molecule has 2 atom stereocenters. The molecular formula is C9H17IN2O2. The lowest BCUT2D eigenvalue weighted by molar-refractivity contribution is -0.0638. The molecule has 2 fully saturated rings. The van der Waals surface area contributed by atoms with Crippen molar-refractivity contribution in [2.24, 2.45) is 5.73 Å². The van der Waals surface area contributed by atoms with E-state index in [0.717, 1.165) is 25.9 Å². The molecule has 2 aliphatic rings. The predicted molar refractivity (Wildman–Crippen MR) is 62.3 cm³/mol. The van der Waals surface area contributed by atoms with Crippen LogP contribution in [0.4, 0.5) is 0 Å². The maximum atomic E-state index is 6.04. The molecule has 2 unspecified atom stereocenters. The Morgan fingerprint density at radius 1 is 1.50 bits per heavy atom. The second-order valence-corrected chi connectivity index (χ2v) is 5.63. The van der Waals surface area contributed by atoms with E-state index < -0.39 is 0 Å². The summed E-state index contributed by atoms with van der Waals surface area (Å²) in [6, 6.07) is 0.154. The van der Waals surface area contributed by atoms with Crippen LogP contribution < -0.4 is 5.73 Å². The van der Waals surface area contributed by atoms with Gasteiger partial charge in [-0.1, -0.05) is 0 Å². The molecule has 0 amide bonds. The fourth-order valence-corrected chi connectivity index (χ4v) is 2.74. The van der Waals surface area contributed by atoms with Crippen molar-refractivity contribution < 1.29 is 9.47 Å². The Balaban J connectivity index is 1.85. The zero-order chi connectivity index (χ0) is 10.2. The molecule has 1 saturated heterocycles. The Bertz CT molecular complexity index is 211. The van der Waals surface area contributed by atoms with E-state index in [-0.39, 0.29) is 17.7 Å². The summed E-state index contributed by atoms with van der Waals surface area (Å²) in [5, 5.41) is 0. The molecule has 0 bridgehead atoms. The van der Waals surface area contributed by atoms with Crippen LogP contribution in [0.25, 0.3) is 0 Å². The molecule has 0 aromatic carbocycles. The van der Waals surface area contributed by atoms with Crippen LogP contribution in [0.3, 0.4) is 0 Å². The molecule has 1 aliphatic heterocycles. The van der Waals surface area contributed by atoms with Crippen LogP contribution in [0, 0.1) is 0 Å². The van der Waals surface area contributed by atoms with Crippen LogP contribution in [0.15, 0.2) is 0 Å². The van der Waals surface area contributed by atoms with Gasteiger partial charge in [-0.3, -0.25) is 0 Å². The van der Waals surface area contributed by atoms with Crippen LogP contribution in [0.2, 0.25) is 0 Å². The Kier molecular flexibility index (Phi) is 3.33. The molecule has 82 valence electrons. The van der Waals surface area contributed by atoms with Crippen molar-refractivity contribution in [3.8, 4) is 0 Å². The standard InChI is InChI=1S/C9H17IN2O2/c1-13-6-9(2-3-9)14-8-5-12(10)4-7(8)11/h7-8H,2-6,11H2,1H3. The zero-order valence-electron chi connectivity index (χ0n) is 8.41. The highest BCUT2D eigenvalue weighted by Gasteiger charge is 2.48. The zero-order valence-corrected chi connectivity index (χ0v) is 10.6. The Labute approximate surface area is 98.6 Å². The van der Waals surface area contributed by atoms with Crippen molar-refractivity contribution in [1.82, 2.24) is 3.11 Å². The maximum Gasteiger partial charge on any atom is 0.0922 e. The number of rotatable bonds is 4. The van der Waals surface area contributed by atoms with Crippen LogP contribution in [-0.2, 0) is 9.47 Å². The number of hydrogen-bond acceptors (Lipinski definition) is 4. The van der Waals surface area contributed by atoms with E-state index >= 15 is 0 Å². The van der Waals surface area contributed by atoms with Gasteiger partial charge in [-0.2, -0.15) is 0 Å². The normalized spacial score (nSPS) is 36.2. The summed E-state index contributed by atoms with van der Waals surface area (Å²) in [4.78, 5) is 0. The minimum absolute atomic E-state index is 0.00113. The van der Waals surface area contributed by atoms with Crippen molar-refractivity contribution in [3.05, 3.63) is 0 Å². The third-order valence-electron chi connectivity index (χ3n) is 2.88. The largest absolute Gasteiger partial charge is 0.382 e. The lowest BCUT2D eigenvalue weighted by Crippen LogP contribution is -2.39. The van der Waals surface area contributed by atoms with Crippen LogP contribution in [0.5, 0.6) is 0 Å². The number of nitrogens with zero attached hydrogens (tertiary/aromatic N) is 1. The molecule has 1 heterocycles. The molecule has 0 aromatic heterocycles. The molecular weight excluding hydrogens is 295 g/mol. The Morgan fingerprint density at radius 2 is 2.21 bits per heavy atom. The van der Waals surface area contributed by atoms with E-state index in [9.17, 15) is 0 Å². The highest BCUT2D eigenvalue weighted by Crippen LogP contribution is 2.41. The van der Waals surface area contributed by atoms with Gasteiger partial charge in [0.05, 0.1) is 18.3 Å². The number of nitrogens with two attached hydrogens (primary N) is 1. The summed E-state index contributed by atoms with van der Waals surface area (Å²) in [5.41, 5.74) is 5.99. The van der Waals surface area contributed by atoms with Crippen LogP contribution in [0.1, 0.15) is 12.8 Å². The van der Waals surface area contributed by atoms with Gasteiger partial charge in [0.1, 0.15) is 0 Å². The highest BCUT2D eigenvalue weighted by atomic mass is 127. The molecule has 2 rings (SSSR count). The fraction of sp³-hybridized carbons (Fsp3) is 1.00. The molecule has 5 heteroatoms. The quantitative estimate of drug-likeness (QED) is 0.608. The topological polar surface area (TPSA) is 47.7 Å². The lowest BCUT2D eigenvalue weighted by atomic mass is 10.2. The number of hydrogen-bond donors (Lipinski definition) is 1. The average Bonchev–Trinajstić information content (AvgIpc) is 2.77. The number of halogens is 1. The molecule has 4 nitrogen and oxygen atoms in total. The van der Waals surface area contributed by atoms with E-state index in [1.165, 1.54) is 0 Å². The van der Waals surface area contributed by atoms with E-state index in [4.69, 9.17) is 15.2 Å². The minimum atomic E-state index is -0.00113. The first kappa shape index (κ1) is 11.1. The third-order valence-corrected chi connectivity index (χ3v) is 3.67. The van der Waals surface area contributed by atoms with Crippen molar-refractivity contribution in [1.29, 1.82) is 0 Å². The molecule has 2 N–H and O–H groups in total. The van der Waals surface area contributed by atoms with Crippen molar-refractivity contribution >= 4 is 22.9 Å². The molecule has 0 spiro atoms. The first-order chi connectivity index (χ1) is 6.65. The smallest absolute Gasteiger partial charge is 0.0922 e. The van der Waals surface area contributed by atoms with E-state index in [1.807, 2.05) is 0 Å². The maximum absolute atomic E-state index is 6.04. The monoisotopic (exact) mass is 312 g/mol. The van der Waals surface area contributed by atoms with Gasteiger partial charge in [0.25, 0.3) is 0 Å². The SMILES string of the molecule is COCC1(OC2CN(I)CC2N)CC1. The molecule has 14 heavy (non-hydrogen) atoms. The summed E-state index contributed by atoms with van der Waals surface area (Å²) in [7, 11) is 1.72. The second-order valence-electron chi connectivity index (χ2n) is 4.26. The molecule has 0 aromatic rings. The van der Waals surface area contributed by atoms with Gasteiger partial charge in [0.15, 0.2) is 0 Å². The second kappa shape index (κ2) is 4.21. The van der Waals surface area contributed by atoms with Gasteiger partial charge in [-0.25, -0.2) is 3.11 Å². The Morgan fingerprint density at radius 3 is 2.64 bits per heavy atom. The van der Waals surface area contributed by atoms with E-state index in [1.54, 1.807) is 7.11 Å². The van der Waals surface area contributed by atoms with Crippen molar-refractivity contribution in [3.63, 3.8) is 0 Å². The van der Waals surface area contributed by atoms with E-state index in [2.05, 4.69) is 26.0 Å². The Hall–Kier alpha value is 0.570. The third kappa shape index (κ3) is 2.38. The summed E-state index contributed by atoms with van der Waals surface area (Å²) >= 11 is 2.30. The first-order valence-electron chi connectivity index (χ1n) is 4.98. The van der Waals surface area contributed by atoms with Gasteiger partial charge in [-0.15, -0.1) is 0 Å². The predicted octanol–water partition coefficient (Wildman–Crippen LogP) is 0.544. The van der Waals surface area contributed by atoms with Crippen molar-refractivity contribution in [2.75, 3.05) is 26.8 Å². The van der Waals surface area contributed by atoms with Gasteiger partial charge < -0.3 is 15.2 Å². The molecule has 1 saturated carbocycles. The van der Waals surface area contributed by atoms with Gasteiger partial charge in [0.2, 0.25) is 0 Å². The summed E-state index contributed by atoms with van der Waals surface area (Å²) in [6.07, 6.45) is 2.42. The summed E-state index contributed by atoms with van der Waals surface area (Å²) in [5.74, 6) is 0. The highest BCUT2D eigenvalue weighted by molar-refractivity contribution is 14.1. The number of methoxy groups -OCH3 is 1. The minimum Gasteiger partial charge on any atom is -0.382 e. The number of ether oxygens (including phenoxy) is 2. The van der Waals surface area contributed by atoms with Gasteiger partial charge in [-0.05, 0) is 12.8 Å². The lowest BCUT2D eigenvalue weighted by Gasteiger charge is -2.23. The summed E-state index contributed by atoms with van der Waals surface area (Å²) < 4.78 is 13.4. The van der Waals surface area contributed by atoms with Gasteiger partial charge >= 0.3 is 0 Å². The first-order valence-corrected chi connectivity index (χ1v) is 5.95. The van der Waals surface area contributed by atoms with E-state index in [0.29, 0.717) is 6.61 Å². The molecule has 0 radical (unpaired) electrons. The van der Waals surface area contributed by atoms with Gasteiger partial charge in [0, 0.05) is 49.1 Å². The fourth-order valence-electron chi connectivity index (χ4n) is 1.90. The summed E-state index contributed by atoms with van der Waals surface area (Å²) in [6.45, 7) is 2.57.